The molecule has 1 aliphatic carbocycles. The largest absolute Gasteiger partial charge is 0.481 e. The summed E-state index contributed by atoms with van der Waals surface area (Å²) in [5, 5.41) is 8.76. The van der Waals surface area contributed by atoms with Crippen LogP contribution in [0, 0.1) is 0 Å². The number of rotatable bonds is 5. The van der Waals surface area contributed by atoms with Crippen LogP contribution in [0.4, 0.5) is 0 Å². The predicted octanol–water partition coefficient (Wildman–Crippen LogP) is 2.11. The number of hydrogen-bond acceptors (Lipinski definition) is 2. The van der Waals surface area contributed by atoms with Crippen LogP contribution >= 0.6 is 0 Å². The Balaban J connectivity index is 2.52. The van der Waals surface area contributed by atoms with Crippen molar-refractivity contribution in [2.24, 2.45) is 0 Å². The van der Waals surface area contributed by atoms with E-state index in [1.807, 2.05) is 6.92 Å². The normalized spacial score (nSPS) is 19.8. The topological polar surface area (TPSA) is 40.5 Å². The molecule has 3 nitrogen and oxygen atoms in total. The molecule has 0 amide bonds. The highest BCUT2D eigenvalue weighted by atomic mass is 16.4. The van der Waals surface area contributed by atoms with Gasteiger partial charge in [0.25, 0.3) is 0 Å². The van der Waals surface area contributed by atoms with E-state index in [9.17, 15) is 4.79 Å². The van der Waals surface area contributed by atoms with Gasteiger partial charge in [0, 0.05) is 18.1 Å². The number of nitrogens with zero attached hydrogens (tertiary/aromatic N) is 1. The zero-order valence-corrected chi connectivity index (χ0v) is 9.36. The molecule has 0 saturated heterocycles. The summed E-state index contributed by atoms with van der Waals surface area (Å²) in [4.78, 5) is 13.0. The summed E-state index contributed by atoms with van der Waals surface area (Å²) in [6.45, 7) is 6.32. The first-order valence-corrected chi connectivity index (χ1v) is 5.51. The van der Waals surface area contributed by atoms with E-state index < -0.39 is 5.97 Å². The minimum absolute atomic E-state index is 0.165. The number of carbonyl (C=O) groups is 1. The molecule has 1 N–H and O–H groups in total. The number of aliphatic carboxylic acids is 1. The van der Waals surface area contributed by atoms with Crippen LogP contribution in [0.3, 0.4) is 0 Å². The summed E-state index contributed by atoms with van der Waals surface area (Å²) < 4.78 is 0. The fourth-order valence-electron chi connectivity index (χ4n) is 2.33. The molecule has 0 aromatic carbocycles. The average Bonchev–Trinajstić information content (AvgIpc) is 1.93. The second-order valence-corrected chi connectivity index (χ2v) is 4.57. The lowest BCUT2D eigenvalue weighted by atomic mass is 9.89. The lowest BCUT2D eigenvalue weighted by Crippen LogP contribution is -2.49. The Morgan fingerprint density at radius 3 is 2.29 bits per heavy atom. The van der Waals surface area contributed by atoms with Crippen LogP contribution in [0.25, 0.3) is 0 Å². The van der Waals surface area contributed by atoms with Gasteiger partial charge in [-0.1, -0.05) is 6.42 Å². The summed E-state index contributed by atoms with van der Waals surface area (Å²) in [6.07, 6.45) is 4.03. The van der Waals surface area contributed by atoms with Crippen molar-refractivity contribution in [2.75, 3.05) is 0 Å². The monoisotopic (exact) mass is 199 g/mol. The third kappa shape index (κ3) is 2.71. The van der Waals surface area contributed by atoms with Crippen molar-refractivity contribution in [1.29, 1.82) is 0 Å². The fraction of sp³-hybridized carbons (Fsp3) is 0.909. The zero-order valence-electron chi connectivity index (χ0n) is 9.36. The van der Waals surface area contributed by atoms with Gasteiger partial charge in [-0.3, -0.25) is 9.69 Å². The van der Waals surface area contributed by atoms with Gasteiger partial charge < -0.3 is 5.11 Å². The van der Waals surface area contributed by atoms with Crippen LogP contribution < -0.4 is 0 Å². The number of hydrogen-bond donors (Lipinski definition) is 1. The molecule has 1 unspecified atom stereocenters. The number of carboxylic acids is 1. The molecule has 0 heterocycles. The highest BCUT2D eigenvalue weighted by Crippen LogP contribution is 2.28. The molecule has 1 aliphatic rings. The predicted molar refractivity (Wildman–Crippen MR) is 56.3 cm³/mol. The third-order valence-electron chi connectivity index (χ3n) is 3.07. The molecule has 0 aromatic rings. The van der Waals surface area contributed by atoms with Crippen molar-refractivity contribution >= 4 is 5.97 Å². The highest BCUT2D eigenvalue weighted by Gasteiger charge is 2.30. The maximum absolute atomic E-state index is 10.6. The second-order valence-electron chi connectivity index (χ2n) is 4.57. The first kappa shape index (κ1) is 11.5. The molecule has 82 valence electrons. The van der Waals surface area contributed by atoms with Crippen LogP contribution in [0.5, 0.6) is 0 Å². The van der Waals surface area contributed by atoms with E-state index in [2.05, 4.69) is 18.7 Å². The second kappa shape index (κ2) is 4.78. The van der Waals surface area contributed by atoms with Crippen LogP contribution in [0.2, 0.25) is 0 Å². The van der Waals surface area contributed by atoms with Crippen molar-refractivity contribution < 1.29 is 9.90 Å². The van der Waals surface area contributed by atoms with E-state index in [1.165, 1.54) is 19.3 Å². The lowest BCUT2D eigenvalue weighted by molar-refractivity contribution is -0.138. The Bertz CT molecular complexity index is 199. The molecule has 0 aliphatic heterocycles. The minimum Gasteiger partial charge on any atom is -0.481 e. The van der Waals surface area contributed by atoms with Crippen LogP contribution in [-0.2, 0) is 4.79 Å². The molecule has 0 aromatic heterocycles. The zero-order chi connectivity index (χ0) is 10.7. The first-order valence-electron chi connectivity index (χ1n) is 5.51. The smallest absolute Gasteiger partial charge is 0.304 e. The SMILES string of the molecule is CC(C)N(C(C)CC(=O)O)C1CCC1. The van der Waals surface area contributed by atoms with Crippen LogP contribution in [0.15, 0.2) is 0 Å². The molecular formula is C11H21NO2. The summed E-state index contributed by atoms with van der Waals surface area (Å²) >= 11 is 0. The van der Waals surface area contributed by atoms with Crippen LogP contribution in [-0.4, -0.2) is 34.1 Å². The van der Waals surface area contributed by atoms with Gasteiger partial charge in [-0.2, -0.15) is 0 Å². The Kier molecular flexibility index (Phi) is 3.93. The van der Waals surface area contributed by atoms with Crippen molar-refractivity contribution in [1.82, 2.24) is 4.90 Å². The van der Waals surface area contributed by atoms with E-state index in [-0.39, 0.29) is 12.5 Å². The number of carboxylic acid groups (broad SMARTS) is 1. The van der Waals surface area contributed by atoms with Gasteiger partial charge in [0.15, 0.2) is 0 Å². The molecule has 1 saturated carbocycles. The van der Waals surface area contributed by atoms with Crippen molar-refractivity contribution in [3.05, 3.63) is 0 Å². The fourth-order valence-corrected chi connectivity index (χ4v) is 2.33. The minimum atomic E-state index is -0.692. The van der Waals surface area contributed by atoms with Gasteiger partial charge in [-0.05, 0) is 33.6 Å². The molecule has 14 heavy (non-hydrogen) atoms. The molecule has 0 radical (unpaired) electrons. The van der Waals surface area contributed by atoms with Crippen molar-refractivity contribution in [2.45, 2.75) is 64.6 Å². The Morgan fingerprint density at radius 2 is 2.00 bits per heavy atom. The molecule has 0 bridgehead atoms. The maximum atomic E-state index is 10.6. The van der Waals surface area contributed by atoms with Gasteiger partial charge in [0.1, 0.15) is 0 Å². The summed E-state index contributed by atoms with van der Waals surface area (Å²) in [5.41, 5.74) is 0. The third-order valence-corrected chi connectivity index (χ3v) is 3.07. The Hall–Kier alpha value is -0.570. The maximum Gasteiger partial charge on any atom is 0.304 e. The van der Waals surface area contributed by atoms with E-state index in [0.29, 0.717) is 12.1 Å². The highest BCUT2D eigenvalue weighted by molar-refractivity contribution is 5.67. The standard InChI is InChI=1S/C11H21NO2/c1-8(2)12(10-5-4-6-10)9(3)7-11(13)14/h8-10H,4-7H2,1-3H3,(H,13,14). The van der Waals surface area contributed by atoms with E-state index in [1.54, 1.807) is 0 Å². The van der Waals surface area contributed by atoms with Gasteiger partial charge >= 0.3 is 5.97 Å². The molecule has 1 atom stereocenters. The van der Waals surface area contributed by atoms with Crippen molar-refractivity contribution in [3.63, 3.8) is 0 Å². The van der Waals surface area contributed by atoms with E-state index in [4.69, 9.17) is 5.11 Å². The quantitative estimate of drug-likeness (QED) is 0.737. The molecule has 0 spiro atoms. The van der Waals surface area contributed by atoms with Crippen molar-refractivity contribution in [3.8, 4) is 0 Å². The van der Waals surface area contributed by atoms with Gasteiger partial charge in [-0.25, -0.2) is 0 Å². The van der Waals surface area contributed by atoms with Gasteiger partial charge in [0.05, 0.1) is 6.42 Å². The summed E-state index contributed by atoms with van der Waals surface area (Å²) in [7, 11) is 0. The van der Waals surface area contributed by atoms with Gasteiger partial charge in [-0.15, -0.1) is 0 Å². The Labute approximate surface area is 86.1 Å². The molecule has 1 rings (SSSR count). The molecule has 1 fully saturated rings. The van der Waals surface area contributed by atoms with E-state index in [0.717, 1.165) is 0 Å². The summed E-state index contributed by atoms with van der Waals surface area (Å²) in [6, 6.07) is 1.25. The summed E-state index contributed by atoms with van der Waals surface area (Å²) in [5.74, 6) is -0.692. The lowest BCUT2D eigenvalue weighted by Gasteiger charge is -2.43. The van der Waals surface area contributed by atoms with Crippen LogP contribution in [0.1, 0.15) is 46.5 Å². The molecule has 3 heteroatoms. The first-order chi connectivity index (χ1) is 6.52. The Morgan fingerprint density at radius 1 is 1.43 bits per heavy atom. The average molecular weight is 199 g/mol. The molecular weight excluding hydrogens is 178 g/mol. The van der Waals surface area contributed by atoms with Gasteiger partial charge in [0.2, 0.25) is 0 Å². The van der Waals surface area contributed by atoms with E-state index >= 15 is 0 Å².